The van der Waals surface area contributed by atoms with Crippen LogP contribution in [0.2, 0.25) is 0 Å². The van der Waals surface area contributed by atoms with Crippen molar-refractivity contribution in [2.45, 2.75) is 148 Å². The van der Waals surface area contributed by atoms with Crippen molar-refractivity contribution >= 4 is 45.2 Å². The van der Waals surface area contributed by atoms with Crippen molar-refractivity contribution < 1.29 is 0 Å². The van der Waals surface area contributed by atoms with E-state index in [1.165, 1.54) is 60.2 Å². The molecule has 1 aliphatic rings. The summed E-state index contributed by atoms with van der Waals surface area (Å²) in [5.41, 5.74) is 0.825. The Bertz CT molecular complexity index is 687. The Hall–Kier alpha value is 1.46. The van der Waals surface area contributed by atoms with Gasteiger partial charge in [-0.25, -0.2) is 0 Å². The summed E-state index contributed by atoms with van der Waals surface area (Å²) in [6.45, 7) is 35.9. The summed E-state index contributed by atoms with van der Waals surface area (Å²) in [5.74, 6) is 9.83. The molecule has 40 heavy (non-hydrogen) atoms. The second-order valence-electron chi connectivity index (χ2n) is 16.1. The van der Waals surface area contributed by atoms with Crippen LogP contribution in [0.1, 0.15) is 148 Å². The first-order valence-electron chi connectivity index (χ1n) is 17.7. The smallest absolute Gasteiger partial charge is 0.00523 e. The van der Waals surface area contributed by atoms with Gasteiger partial charge in [-0.3, -0.25) is 0 Å². The van der Waals surface area contributed by atoms with Crippen molar-refractivity contribution in [3.05, 3.63) is 0 Å². The van der Waals surface area contributed by atoms with Gasteiger partial charge in [0.1, 0.15) is 0 Å². The van der Waals surface area contributed by atoms with Crippen LogP contribution < -0.4 is 0 Å². The van der Waals surface area contributed by atoms with Crippen LogP contribution in [-0.4, -0.2) is 8.86 Å². The van der Waals surface area contributed by atoms with Crippen molar-refractivity contribution in [2.24, 2.45) is 81.8 Å². The van der Waals surface area contributed by atoms with Crippen LogP contribution >= 0.6 is 45.2 Å². The molecule has 0 N–H and O–H groups in total. The largest absolute Gasteiger partial charge is 0.0861 e. The van der Waals surface area contributed by atoms with Gasteiger partial charge < -0.3 is 0 Å². The van der Waals surface area contributed by atoms with Gasteiger partial charge in [0.25, 0.3) is 0 Å². The van der Waals surface area contributed by atoms with Crippen LogP contribution in [0.4, 0.5) is 0 Å². The highest BCUT2D eigenvalue weighted by atomic mass is 127. The van der Waals surface area contributed by atoms with Crippen LogP contribution in [0.5, 0.6) is 0 Å². The molecule has 0 heterocycles. The van der Waals surface area contributed by atoms with Crippen molar-refractivity contribution in [3.63, 3.8) is 0 Å². The number of alkyl halides is 2. The minimum atomic E-state index is 0.392. The van der Waals surface area contributed by atoms with E-state index in [1.54, 1.807) is 0 Å². The summed E-state index contributed by atoms with van der Waals surface area (Å²) in [5, 5.41) is 0. The van der Waals surface area contributed by atoms with Crippen LogP contribution in [0.25, 0.3) is 0 Å². The number of hydrogen-bond donors (Lipinski definition) is 0. The molecule has 0 aromatic rings. The molecule has 0 amide bonds. The van der Waals surface area contributed by atoms with E-state index in [0.29, 0.717) is 10.8 Å². The van der Waals surface area contributed by atoms with E-state index < -0.39 is 0 Å². The van der Waals surface area contributed by atoms with Gasteiger partial charge in [-0.2, -0.15) is 0 Å². The predicted octanol–water partition coefficient (Wildman–Crippen LogP) is 13.6. The van der Waals surface area contributed by atoms with Crippen LogP contribution in [-0.2, 0) is 0 Å². The molecule has 0 spiro atoms. The average Bonchev–Trinajstić information content (AvgIpc) is 2.94. The fraction of sp³-hybridized carbons (Fsp3) is 1.00. The van der Waals surface area contributed by atoms with Crippen LogP contribution in [0, 0.1) is 81.8 Å². The molecule has 1 aliphatic carbocycles. The quantitative estimate of drug-likeness (QED) is 0.0959. The third-order valence-electron chi connectivity index (χ3n) is 13.8. The predicted molar refractivity (Wildman–Crippen MR) is 201 cm³/mol. The van der Waals surface area contributed by atoms with Gasteiger partial charge in [0.05, 0.1) is 0 Å². The van der Waals surface area contributed by atoms with Gasteiger partial charge in [-0.15, -0.1) is 0 Å². The summed E-state index contributed by atoms with van der Waals surface area (Å²) in [4.78, 5) is 0. The summed E-state index contributed by atoms with van der Waals surface area (Å²) in [6.07, 6.45) is 11.0. The molecule has 0 saturated heterocycles. The van der Waals surface area contributed by atoms with Crippen LogP contribution in [0.3, 0.4) is 0 Å². The van der Waals surface area contributed by atoms with Gasteiger partial charge >= 0.3 is 0 Å². The van der Waals surface area contributed by atoms with Crippen molar-refractivity contribution in [1.82, 2.24) is 0 Å². The van der Waals surface area contributed by atoms with Gasteiger partial charge in [0, 0.05) is 8.86 Å². The molecule has 0 aromatic carbocycles. The maximum absolute atomic E-state index is 2.82. The molecule has 240 valence electrons. The van der Waals surface area contributed by atoms with Crippen molar-refractivity contribution in [1.29, 1.82) is 0 Å². The fourth-order valence-corrected chi connectivity index (χ4v) is 11.3. The van der Waals surface area contributed by atoms with Gasteiger partial charge in [0.15, 0.2) is 0 Å². The molecule has 0 aromatic heterocycles. The lowest BCUT2D eigenvalue weighted by Gasteiger charge is -2.57. The van der Waals surface area contributed by atoms with E-state index in [-0.39, 0.29) is 0 Å². The maximum atomic E-state index is 2.82. The summed E-state index contributed by atoms with van der Waals surface area (Å²) in [6, 6.07) is 0. The second kappa shape index (κ2) is 17.8. The van der Waals surface area contributed by atoms with Gasteiger partial charge in [-0.1, -0.05) is 174 Å². The Morgan fingerprint density at radius 3 is 1.88 bits per heavy atom. The molecule has 0 radical (unpaired) electrons. The monoisotopic (exact) mass is 784 g/mol. The third kappa shape index (κ3) is 9.24. The zero-order valence-corrected chi connectivity index (χ0v) is 34.1. The second-order valence-corrected chi connectivity index (χ2v) is 17.7. The van der Waals surface area contributed by atoms with Crippen LogP contribution in [0.15, 0.2) is 0 Å². The van der Waals surface area contributed by atoms with E-state index in [4.69, 9.17) is 0 Å². The maximum Gasteiger partial charge on any atom is 0.00523 e. The number of unbranched alkanes of at least 4 members (excludes halogenated alkanes) is 1. The molecular weight excluding hydrogens is 710 g/mol. The zero-order valence-electron chi connectivity index (χ0n) is 29.8. The Morgan fingerprint density at radius 2 is 1.43 bits per heavy atom. The highest BCUT2D eigenvalue weighted by Crippen LogP contribution is 2.59. The van der Waals surface area contributed by atoms with Crippen molar-refractivity contribution in [3.8, 4) is 0 Å². The standard InChI is InChI=1S/C38H74I2/c1-15-19-20-34(35-31(11)37(12,13)27(7)21-32(35)18-4)36(26(6)17-3)38(14,24-40)22-33(23-39)30(10)29(9)28(8)25(5)16-2/h25-36H,15-24H2,1-14H3. The Balaban J connectivity index is 3.61. The molecule has 0 nitrogen and oxygen atoms in total. The summed E-state index contributed by atoms with van der Waals surface area (Å²) >= 11 is 5.58. The molecule has 1 rings (SSSR count). The summed E-state index contributed by atoms with van der Waals surface area (Å²) in [7, 11) is 0. The Morgan fingerprint density at radius 1 is 0.850 bits per heavy atom. The first kappa shape index (κ1) is 39.5. The Labute approximate surface area is 282 Å². The van der Waals surface area contributed by atoms with Crippen molar-refractivity contribution in [2.75, 3.05) is 8.86 Å². The molecular formula is C38H74I2. The summed E-state index contributed by atoms with van der Waals surface area (Å²) < 4.78 is 2.60. The van der Waals surface area contributed by atoms with E-state index >= 15 is 0 Å². The van der Waals surface area contributed by atoms with E-state index in [2.05, 4.69) is 142 Å². The molecule has 13 atom stereocenters. The minimum absolute atomic E-state index is 0.392. The SMILES string of the molecule is CCCCC(C1C(CC)CC(C)C(C)(C)C1C)C(C(C)CC)C(C)(CI)CC(CI)C(C)C(C)C(C)C(C)CC. The lowest BCUT2D eigenvalue weighted by molar-refractivity contribution is -0.0830. The minimum Gasteiger partial charge on any atom is -0.0861 e. The molecule has 2 heteroatoms. The number of rotatable bonds is 18. The molecule has 1 fully saturated rings. The Kier molecular flexibility index (Phi) is 17.6. The highest BCUT2D eigenvalue weighted by Gasteiger charge is 2.52. The fourth-order valence-electron chi connectivity index (χ4n) is 9.42. The topological polar surface area (TPSA) is 0 Å². The van der Waals surface area contributed by atoms with E-state index in [0.717, 1.165) is 71.0 Å². The normalized spacial score (nSPS) is 30.9. The first-order chi connectivity index (χ1) is 18.6. The first-order valence-corrected chi connectivity index (χ1v) is 20.8. The lowest BCUT2D eigenvalue weighted by atomic mass is 9.48. The molecule has 13 unspecified atom stereocenters. The van der Waals surface area contributed by atoms with E-state index in [9.17, 15) is 0 Å². The third-order valence-corrected chi connectivity index (χ3v) is 16.7. The molecule has 1 saturated carbocycles. The molecule has 0 aliphatic heterocycles. The molecule has 0 bridgehead atoms. The zero-order chi connectivity index (χ0) is 31.0. The number of hydrogen-bond acceptors (Lipinski definition) is 0. The number of halogens is 2. The average molecular weight is 785 g/mol. The van der Waals surface area contributed by atoms with E-state index in [1.807, 2.05) is 0 Å². The highest BCUT2D eigenvalue weighted by molar-refractivity contribution is 14.1. The van der Waals surface area contributed by atoms with Gasteiger partial charge in [-0.05, 0) is 101 Å². The van der Waals surface area contributed by atoms with Gasteiger partial charge in [0.2, 0.25) is 0 Å². The lowest BCUT2D eigenvalue weighted by Crippen LogP contribution is -2.51.